The Morgan fingerprint density at radius 3 is 2.23 bits per heavy atom. The molecule has 0 aliphatic heterocycles. The third-order valence-corrected chi connectivity index (χ3v) is 5.68. The van der Waals surface area contributed by atoms with Crippen LogP contribution in [0.1, 0.15) is 32.0 Å². The maximum Gasteiger partial charge on any atom is 0.295 e. The van der Waals surface area contributed by atoms with Crippen LogP contribution < -0.4 is 16.2 Å². The van der Waals surface area contributed by atoms with Gasteiger partial charge in [0, 0.05) is 31.0 Å². The van der Waals surface area contributed by atoms with Gasteiger partial charge < -0.3 is 15.4 Å². The summed E-state index contributed by atoms with van der Waals surface area (Å²) in [5.74, 6) is -0.751. The summed E-state index contributed by atoms with van der Waals surface area (Å²) in [5, 5.41) is 5.55. The zero-order valence-corrected chi connectivity index (χ0v) is 19.7. The van der Waals surface area contributed by atoms with Gasteiger partial charge in [-0.1, -0.05) is 36.4 Å². The molecule has 0 unspecified atom stereocenters. The number of methoxy groups -OCH3 is 1. The van der Waals surface area contributed by atoms with E-state index in [0.29, 0.717) is 34.8 Å². The van der Waals surface area contributed by atoms with Gasteiger partial charge in [-0.05, 0) is 55.0 Å². The minimum atomic E-state index is -0.450. The largest absolute Gasteiger partial charge is 0.380 e. The molecular formula is C27H26N4O4. The van der Waals surface area contributed by atoms with E-state index in [0.717, 1.165) is 5.56 Å². The van der Waals surface area contributed by atoms with Gasteiger partial charge in [-0.3, -0.25) is 19.1 Å². The van der Waals surface area contributed by atoms with Gasteiger partial charge in [-0.15, -0.1) is 0 Å². The summed E-state index contributed by atoms with van der Waals surface area (Å²) in [4.78, 5) is 38.8. The Kier molecular flexibility index (Phi) is 6.93. The fourth-order valence-electron chi connectivity index (χ4n) is 3.81. The summed E-state index contributed by atoms with van der Waals surface area (Å²) >= 11 is 0. The quantitative estimate of drug-likeness (QED) is 0.425. The SMILES string of the molecule is COCc1cccc(C(=O)Nc2cccc(C(=O)Nc3c(C)n(C)n(-c4ccccc4)c3=O)c2)c1. The van der Waals surface area contributed by atoms with E-state index in [1.54, 1.807) is 68.2 Å². The van der Waals surface area contributed by atoms with Crippen LogP contribution in [-0.2, 0) is 18.4 Å². The summed E-state index contributed by atoms with van der Waals surface area (Å²) in [6.07, 6.45) is 0. The molecule has 2 amide bonds. The van der Waals surface area contributed by atoms with Gasteiger partial charge in [-0.25, -0.2) is 4.68 Å². The summed E-state index contributed by atoms with van der Waals surface area (Å²) < 4.78 is 8.32. The molecule has 0 aliphatic carbocycles. The number of carbonyl (C=O) groups excluding carboxylic acids is 2. The number of amides is 2. The number of anilines is 2. The van der Waals surface area contributed by atoms with Gasteiger partial charge in [0.1, 0.15) is 5.69 Å². The average Bonchev–Trinajstić information content (AvgIpc) is 3.08. The molecule has 178 valence electrons. The van der Waals surface area contributed by atoms with E-state index in [-0.39, 0.29) is 17.2 Å². The lowest BCUT2D eigenvalue weighted by molar-refractivity contribution is 0.101. The highest BCUT2D eigenvalue weighted by Gasteiger charge is 2.19. The van der Waals surface area contributed by atoms with Crippen molar-refractivity contribution < 1.29 is 14.3 Å². The van der Waals surface area contributed by atoms with Crippen LogP contribution in [0.3, 0.4) is 0 Å². The van der Waals surface area contributed by atoms with Crippen molar-refractivity contribution in [2.75, 3.05) is 17.7 Å². The van der Waals surface area contributed by atoms with Crippen molar-refractivity contribution in [2.45, 2.75) is 13.5 Å². The van der Waals surface area contributed by atoms with Crippen molar-refractivity contribution in [3.8, 4) is 5.69 Å². The number of hydrogen-bond donors (Lipinski definition) is 2. The summed E-state index contributed by atoms with van der Waals surface area (Å²) in [6.45, 7) is 2.17. The first-order chi connectivity index (χ1) is 16.9. The van der Waals surface area contributed by atoms with E-state index in [4.69, 9.17) is 4.74 Å². The second kappa shape index (κ2) is 10.2. The molecule has 8 nitrogen and oxygen atoms in total. The lowest BCUT2D eigenvalue weighted by Gasteiger charge is -2.09. The van der Waals surface area contributed by atoms with Gasteiger partial charge in [0.15, 0.2) is 0 Å². The zero-order chi connectivity index (χ0) is 24.9. The number of rotatable bonds is 7. The number of benzene rings is 3. The second-order valence-electron chi connectivity index (χ2n) is 8.06. The maximum absolute atomic E-state index is 13.1. The van der Waals surface area contributed by atoms with E-state index < -0.39 is 5.91 Å². The van der Waals surface area contributed by atoms with Crippen molar-refractivity contribution in [2.24, 2.45) is 7.05 Å². The molecule has 2 N–H and O–H groups in total. The summed E-state index contributed by atoms with van der Waals surface area (Å²) in [7, 11) is 3.36. The van der Waals surface area contributed by atoms with Crippen LogP contribution in [0.15, 0.2) is 83.7 Å². The molecule has 35 heavy (non-hydrogen) atoms. The number of hydrogen-bond acceptors (Lipinski definition) is 4. The monoisotopic (exact) mass is 470 g/mol. The van der Waals surface area contributed by atoms with Gasteiger partial charge in [-0.2, -0.15) is 0 Å². The Morgan fingerprint density at radius 2 is 1.51 bits per heavy atom. The molecule has 0 fully saturated rings. The lowest BCUT2D eigenvalue weighted by atomic mass is 10.1. The minimum absolute atomic E-state index is 0.200. The zero-order valence-electron chi connectivity index (χ0n) is 19.7. The van der Waals surface area contributed by atoms with E-state index in [9.17, 15) is 14.4 Å². The number of carbonyl (C=O) groups is 2. The summed E-state index contributed by atoms with van der Waals surface area (Å²) in [5.41, 5.74) is 3.32. The van der Waals surface area contributed by atoms with Crippen LogP contribution in [0.2, 0.25) is 0 Å². The predicted molar refractivity (Wildman–Crippen MR) is 135 cm³/mol. The lowest BCUT2D eigenvalue weighted by Crippen LogP contribution is -2.23. The number of ether oxygens (including phenoxy) is 1. The van der Waals surface area contributed by atoms with Crippen LogP contribution in [0, 0.1) is 6.92 Å². The van der Waals surface area contributed by atoms with E-state index in [2.05, 4.69) is 10.6 Å². The third kappa shape index (κ3) is 5.07. The van der Waals surface area contributed by atoms with E-state index in [1.807, 2.05) is 36.4 Å². The molecule has 4 rings (SSSR count). The van der Waals surface area contributed by atoms with E-state index >= 15 is 0 Å². The first-order valence-corrected chi connectivity index (χ1v) is 11.0. The molecule has 1 heterocycles. The molecule has 0 bridgehead atoms. The molecule has 0 radical (unpaired) electrons. The first-order valence-electron chi connectivity index (χ1n) is 11.0. The van der Waals surface area contributed by atoms with Crippen LogP contribution in [-0.4, -0.2) is 28.3 Å². The van der Waals surface area contributed by atoms with Gasteiger partial charge in [0.05, 0.1) is 18.0 Å². The highest BCUT2D eigenvalue weighted by Crippen LogP contribution is 2.17. The van der Waals surface area contributed by atoms with Crippen LogP contribution in [0.5, 0.6) is 0 Å². The molecular weight excluding hydrogens is 444 g/mol. The number of nitrogens with zero attached hydrogens (tertiary/aromatic N) is 2. The molecule has 4 aromatic rings. The van der Waals surface area contributed by atoms with Gasteiger partial charge >= 0.3 is 0 Å². The highest BCUT2D eigenvalue weighted by molar-refractivity contribution is 6.07. The topological polar surface area (TPSA) is 94.4 Å². The molecule has 0 saturated carbocycles. The van der Waals surface area contributed by atoms with Gasteiger partial charge in [0.25, 0.3) is 17.4 Å². The third-order valence-electron chi connectivity index (χ3n) is 5.68. The average molecular weight is 471 g/mol. The maximum atomic E-state index is 13.1. The minimum Gasteiger partial charge on any atom is -0.380 e. The molecule has 8 heteroatoms. The molecule has 0 saturated heterocycles. The van der Waals surface area contributed by atoms with Crippen molar-refractivity contribution >= 4 is 23.2 Å². The molecule has 0 aliphatic rings. The van der Waals surface area contributed by atoms with Crippen molar-refractivity contribution in [1.29, 1.82) is 0 Å². The van der Waals surface area contributed by atoms with Crippen molar-refractivity contribution in [3.63, 3.8) is 0 Å². The van der Waals surface area contributed by atoms with Crippen LogP contribution >= 0.6 is 0 Å². The van der Waals surface area contributed by atoms with Crippen LogP contribution in [0.25, 0.3) is 5.69 Å². The highest BCUT2D eigenvalue weighted by atomic mass is 16.5. The van der Waals surface area contributed by atoms with Gasteiger partial charge in [0.2, 0.25) is 0 Å². The normalized spacial score (nSPS) is 10.7. The second-order valence-corrected chi connectivity index (χ2v) is 8.06. The molecule has 3 aromatic carbocycles. The molecule has 1 aromatic heterocycles. The number of para-hydroxylation sites is 1. The standard InChI is InChI=1S/C27H26N4O4/c1-18-24(27(34)31(30(18)2)23-13-5-4-6-14-23)29-26(33)21-11-8-12-22(16-21)28-25(32)20-10-7-9-19(15-20)17-35-3/h4-16H,17H2,1-3H3,(H,28,32)(H,29,33). The Morgan fingerprint density at radius 1 is 0.857 bits per heavy atom. The number of aromatic nitrogens is 2. The Hall–Kier alpha value is -4.43. The Balaban J connectivity index is 1.54. The van der Waals surface area contributed by atoms with Crippen LogP contribution in [0.4, 0.5) is 11.4 Å². The fraction of sp³-hybridized carbons (Fsp3) is 0.148. The first kappa shape index (κ1) is 23.7. The predicted octanol–water partition coefficient (Wildman–Crippen LogP) is 4.14. The fourth-order valence-corrected chi connectivity index (χ4v) is 3.81. The van der Waals surface area contributed by atoms with Crippen molar-refractivity contribution in [1.82, 2.24) is 9.36 Å². The molecule has 0 spiro atoms. The summed E-state index contributed by atoms with van der Waals surface area (Å²) in [6, 6.07) is 22.9. The Bertz CT molecular complexity index is 1440. The number of nitrogens with one attached hydrogen (secondary N) is 2. The van der Waals surface area contributed by atoms with E-state index in [1.165, 1.54) is 4.68 Å². The van der Waals surface area contributed by atoms with Crippen molar-refractivity contribution in [3.05, 3.63) is 112 Å². The smallest absolute Gasteiger partial charge is 0.295 e. The molecule has 0 atom stereocenters. The Labute approximate surface area is 202 Å².